The van der Waals surface area contributed by atoms with Gasteiger partial charge in [-0.25, -0.2) is 0 Å². The highest BCUT2D eigenvalue weighted by Crippen LogP contribution is 2.04. The summed E-state index contributed by atoms with van der Waals surface area (Å²) in [5.74, 6) is -1.03. The number of morpholine rings is 1. The second-order valence-corrected chi connectivity index (χ2v) is 6.09. The monoisotopic (exact) mass is 327 g/mol. The minimum atomic E-state index is -0.516. The van der Waals surface area contributed by atoms with Crippen LogP contribution < -0.4 is 10.6 Å². The highest BCUT2D eigenvalue weighted by Gasteiger charge is 2.13. The molecule has 0 bridgehead atoms. The van der Waals surface area contributed by atoms with E-state index in [4.69, 9.17) is 4.74 Å². The Morgan fingerprint density at radius 2 is 1.43 bits per heavy atom. The summed E-state index contributed by atoms with van der Waals surface area (Å²) in [6.45, 7) is 7.73. The molecule has 6 heteroatoms. The van der Waals surface area contributed by atoms with Crippen molar-refractivity contribution in [3.05, 3.63) is 0 Å². The number of hydrogen-bond acceptors (Lipinski definition) is 4. The second kappa shape index (κ2) is 13.3. The van der Waals surface area contributed by atoms with Gasteiger partial charge in [-0.2, -0.15) is 0 Å². The van der Waals surface area contributed by atoms with Crippen LogP contribution in [0.2, 0.25) is 0 Å². The van der Waals surface area contributed by atoms with Crippen LogP contribution in [0.25, 0.3) is 0 Å². The van der Waals surface area contributed by atoms with Gasteiger partial charge >= 0.3 is 11.8 Å². The van der Waals surface area contributed by atoms with Crippen molar-refractivity contribution in [2.45, 2.75) is 51.9 Å². The third-order valence-electron chi connectivity index (χ3n) is 4.06. The number of rotatable bonds is 11. The molecule has 0 aromatic heterocycles. The van der Waals surface area contributed by atoms with Gasteiger partial charge in [0.15, 0.2) is 0 Å². The lowest BCUT2D eigenvalue weighted by Crippen LogP contribution is -2.42. The van der Waals surface area contributed by atoms with Crippen LogP contribution in [0.4, 0.5) is 0 Å². The summed E-state index contributed by atoms with van der Waals surface area (Å²) in [6.07, 6.45) is 7.89. The number of carbonyl (C=O) groups is 2. The van der Waals surface area contributed by atoms with Crippen molar-refractivity contribution in [3.8, 4) is 0 Å². The number of hydrogen-bond donors (Lipinski definition) is 2. The van der Waals surface area contributed by atoms with Crippen LogP contribution >= 0.6 is 0 Å². The Morgan fingerprint density at radius 3 is 2.09 bits per heavy atom. The average Bonchev–Trinajstić information content (AvgIpc) is 2.58. The Balaban J connectivity index is 1.93. The van der Waals surface area contributed by atoms with Gasteiger partial charge in [-0.3, -0.25) is 14.5 Å². The van der Waals surface area contributed by atoms with E-state index in [1.807, 2.05) is 0 Å². The zero-order chi connectivity index (χ0) is 16.8. The van der Waals surface area contributed by atoms with Crippen molar-refractivity contribution < 1.29 is 14.3 Å². The first-order valence-corrected chi connectivity index (χ1v) is 9.10. The number of carbonyl (C=O) groups excluding carboxylic acids is 2. The Morgan fingerprint density at radius 1 is 0.870 bits per heavy atom. The molecular weight excluding hydrogens is 294 g/mol. The van der Waals surface area contributed by atoms with E-state index in [1.165, 1.54) is 25.7 Å². The third kappa shape index (κ3) is 10.3. The fourth-order valence-corrected chi connectivity index (χ4v) is 2.60. The molecule has 0 unspecified atom stereocenters. The Hall–Kier alpha value is -1.14. The molecule has 1 saturated heterocycles. The highest BCUT2D eigenvalue weighted by molar-refractivity contribution is 6.35. The largest absolute Gasteiger partial charge is 0.379 e. The summed E-state index contributed by atoms with van der Waals surface area (Å²) in [7, 11) is 0. The summed E-state index contributed by atoms with van der Waals surface area (Å²) in [6, 6.07) is 0. The molecule has 1 heterocycles. The molecular formula is C17H33N3O3. The van der Waals surface area contributed by atoms with E-state index in [9.17, 15) is 9.59 Å². The van der Waals surface area contributed by atoms with Gasteiger partial charge in [0.25, 0.3) is 0 Å². The van der Waals surface area contributed by atoms with Crippen LogP contribution in [-0.2, 0) is 14.3 Å². The molecule has 0 radical (unpaired) electrons. The van der Waals surface area contributed by atoms with Gasteiger partial charge in [0.05, 0.1) is 13.2 Å². The molecule has 0 aromatic rings. The lowest BCUT2D eigenvalue weighted by Gasteiger charge is -2.26. The molecule has 0 aromatic carbocycles. The molecule has 1 fully saturated rings. The van der Waals surface area contributed by atoms with Crippen LogP contribution in [0.1, 0.15) is 51.9 Å². The average molecular weight is 327 g/mol. The van der Waals surface area contributed by atoms with Gasteiger partial charge in [0.1, 0.15) is 0 Å². The molecule has 0 saturated carbocycles. The van der Waals surface area contributed by atoms with E-state index in [-0.39, 0.29) is 0 Å². The van der Waals surface area contributed by atoms with Crippen molar-refractivity contribution >= 4 is 11.8 Å². The van der Waals surface area contributed by atoms with E-state index in [0.717, 1.165) is 52.1 Å². The molecule has 1 aliphatic heterocycles. The predicted molar refractivity (Wildman–Crippen MR) is 91.3 cm³/mol. The third-order valence-corrected chi connectivity index (χ3v) is 4.06. The number of ether oxygens (including phenoxy) is 1. The van der Waals surface area contributed by atoms with E-state index in [0.29, 0.717) is 13.1 Å². The number of unbranched alkanes of at least 4 members (excludes halogenated alkanes) is 5. The molecule has 23 heavy (non-hydrogen) atoms. The molecule has 0 atom stereocenters. The summed E-state index contributed by atoms with van der Waals surface area (Å²) < 4.78 is 5.29. The molecule has 1 rings (SSSR count). The first-order valence-electron chi connectivity index (χ1n) is 9.10. The molecule has 0 spiro atoms. The normalized spacial score (nSPS) is 15.3. The van der Waals surface area contributed by atoms with Gasteiger partial charge in [-0.05, 0) is 19.4 Å². The smallest absolute Gasteiger partial charge is 0.309 e. The zero-order valence-electron chi connectivity index (χ0n) is 14.6. The molecule has 6 nitrogen and oxygen atoms in total. The second-order valence-electron chi connectivity index (χ2n) is 6.09. The summed E-state index contributed by atoms with van der Waals surface area (Å²) in [4.78, 5) is 25.6. The molecule has 0 aliphatic carbocycles. The van der Waals surface area contributed by atoms with E-state index in [1.54, 1.807) is 0 Å². The van der Waals surface area contributed by atoms with Crippen molar-refractivity contribution in [2.75, 3.05) is 45.9 Å². The van der Waals surface area contributed by atoms with Crippen LogP contribution in [-0.4, -0.2) is 62.7 Å². The lowest BCUT2D eigenvalue weighted by molar-refractivity contribution is -0.139. The summed E-state index contributed by atoms with van der Waals surface area (Å²) in [5.41, 5.74) is 0. The molecule has 2 amide bonds. The van der Waals surface area contributed by atoms with Crippen LogP contribution in [0, 0.1) is 0 Å². The Labute approximate surface area is 140 Å². The van der Waals surface area contributed by atoms with Crippen LogP contribution in [0.5, 0.6) is 0 Å². The van der Waals surface area contributed by atoms with Crippen molar-refractivity contribution in [2.24, 2.45) is 0 Å². The van der Waals surface area contributed by atoms with E-state index >= 15 is 0 Å². The van der Waals surface area contributed by atoms with Gasteiger partial charge in [-0.15, -0.1) is 0 Å². The maximum Gasteiger partial charge on any atom is 0.309 e. The summed E-state index contributed by atoms with van der Waals surface area (Å²) in [5, 5.41) is 5.37. The first-order chi connectivity index (χ1) is 11.2. The fraction of sp³-hybridized carbons (Fsp3) is 0.882. The summed E-state index contributed by atoms with van der Waals surface area (Å²) >= 11 is 0. The van der Waals surface area contributed by atoms with Crippen molar-refractivity contribution in [3.63, 3.8) is 0 Å². The van der Waals surface area contributed by atoms with Gasteiger partial charge in [0, 0.05) is 26.2 Å². The van der Waals surface area contributed by atoms with E-state index < -0.39 is 11.8 Å². The maximum absolute atomic E-state index is 11.6. The predicted octanol–water partition coefficient (Wildman–Crippen LogP) is 1.30. The molecule has 2 N–H and O–H groups in total. The Bertz CT molecular complexity index is 331. The SMILES string of the molecule is CCCCCCCCNC(=O)C(=O)NCCCN1CCOCC1. The lowest BCUT2D eigenvalue weighted by atomic mass is 10.1. The minimum Gasteiger partial charge on any atom is -0.379 e. The first kappa shape index (κ1) is 19.9. The van der Waals surface area contributed by atoms with Gasteiger partial charge < -0.3 is 15.4 Å². The minimum absolute atomic E-state index is 0.509. The topological polar surface area (TPSA) is 70.7 Å². The zero-order valence-corrected chi connectivity index (χ0v) is 14.6. The molecule has 1 aliphatic rings. The van der Waals surface area contributed by atoms with Crippen LogP contribution in [0.3, 0.4) is 0 Å². The highest BCUT2D eigenvalue weighted by atomic mass is 16.5. The van der Waals surface area contributed by atoms with Crippen LogP contribution in [0.15, 0.2) is 0 Å². The number of nitrogens with zero attached hydrogens (tertiary/aromatic N) is 1. The van der Waals surface area contributed by atoms with Gasteiger partial charge in [-0.1, -0.05) is 39.0 Å². The standard InChI is InChI=1S/C17H33N3O3/c1-2-3-4-5-6-7-9-18-16(21)17(22)19-10-8-11-20-12-14-23-15-13-20/h2-15H2,1H3,(H,18,21)(H,19,22). The number of amides is 2. The quantitative estimate of drug-likeness (QED) is 0.443. The Kier molecular flexibility index (Phi) is 11.5. The number of nitrogens with one attached hydrogen (secondary N) is 2. The fourth-order valence-electron chi connectivity index (χ4n) is 2.60. The van der Waals surface area contributed by atoms with E-state index in [2.05, 4.69) is 22.5 Å². The van der Waals surface area contributed by atoms with Crippen molar-refractivity contribution in [1.29, 1.82) is 0 Å². The van der Waals surface area contributed by atoms with Crippen molar-refractivity contribution in [1.82, 2.24) is 15.5 Å². The maximum atomic E-state index is 11.6. The molecule has 134 valence electrons. The van der Waals surface area contributed by atoms with Gasteiger partial charge in [0.2, 0.25) is 0 Å².